The SMILES string of the molecule is COC(=O)c1cccc(NC(=O)COc2ccc([N+](=O)[O-])c(C)c2)c1. The molecule has 0 aliphatic rings. The van der Waals surface area contributed by atoms with Crippen LogP contribution in [0.15, 0.2) is 42.5 Å². The lowest BCUT2D eigenvalue weighted by molar-refractivity contribution is -0.385. The summed E-state index contributed by atoms with van der Waals surface area (Å²) in [5.41, 5.74) is 1.16. The zero-order valence-electron chi connectivity index (χ0n) is 13.6. The van der Waals surface area contributed by atoms with Crippen LogP contribution in [0.4, 0.5) is 11.4 Å². The first-order chi connectivity index (χ1) is 11.9. The van der Waals surface area contributed by atoms with Gasteiger partial charge >= 0.3 is 5.97 Å². The van der Waals surface area contributed by atoms with E-state index >= 15 is 0 Å². The Morgan fingerprint density at radius 2 is 1.96 bits per heavy atom. The number of esters is 1. The van der Waals surface area contributed by atoms with Gasteiger partial charge in [-0.05, 0) is 37.3 Å². The predicted molar refractivity (Wildman–Crippen MR) is 89.7 cm³/mol. The van der Waals surface area contributed by atoms with Gasteiger partial charge in [0.1, 0.15) is 5.75 Å². The number of amides is 1. The average Bonchev–Trinajstić information content (AvgIpc) is 2.59. The number of ether oxygens (including phenoxy) is 2. The fourth-order valence-electron chi connectivity index (χ4n) is 2.11. The maximum Gasteiger partial charge on any atom is 0.337 e. The molecule has 0 saturated heterocycles. The molecule has 0 radical (unpaired) electrons. The molecule has 2 aromatic rings. The summed E-state index contributed by atoms with van der Waals surface area (Å²) >= 11 is 0. The van der Waals surface area contributed by atoms with Crippen LogP contribution < -0.4 is 10.1 Å². The Morgan fingerprint density at radius 3 is 2.60 bits per heavy atom. The number of nitrogens with zero attached hydrogens (tertiary/aromatic N) is 1. The second-order valence-electron chi connectivity index (χ2n) is 5.11. The number of carbonyl (C=O) groups excluding carboxylic acids is 2. The Balaban J connectivity index is 1.96. The molecular formula is C17H16N2O6. The molecule has 0 aromatic heterocycles. The number of carbonyl (C=O) groups is 2. The fourth-order valence-corrected chi connectivity index (χ4v) is 2.11. The van der Waals surface area contributed by atoms with Gasteiger partial charge in [-0.25, -0.2) is 4.79 Å². The Morgan fingerprint density at radius 1 is 1.20 bits per heavy atom. The van der Waals surface area contributed by atoms with Crippen LogP contribution in [0.2, 0.25) is 0 Å². The minimum atomic E-state index is -0.506. The van der Waals surface area contributed by atoms with Gasteiger partial charge in [-0.3, -0.25) is 14.9 Å². The normalized spacial score (nSPS) is 10.0. The molecule has 8 heteroatoms. The number of nitro groups is 1. The van der Waals surface area contributed by atoms with Crippen molar-refractivity contribution in [2.45, 2.75) is 6.92 Å². The molecule has 0 atom stereocenters. The molecule has 0 saturated carbocycles. The minimum absolute atomic E-state index is 0.0172. The maximum absolute atomic E-state index is 11.9. The van der Waals surface area contributed by atoms with Crippen LogP contribution in [0.1, 0.15) is 15.9 Å². The molecular weight excluding hydrogens is 328 g/mol. The van der Waals surface area contributed by atoms with Crippen LogP contribution in [-0.4, -0.2) is 30.5 Å². The first kappa shape index (κ1) is 17.9. The minimum Gasteiger partial charge on any atom is -0.484 e. The number of nitrogens with one attached hydrogen (secondary N) is 1. The highest BCUT2D eigenvalue weighted by Gasteiger charge is 2.12. The molecule has 0 aliphatic heterocycles. The van der Waals surface area contributed by atoms with E-state index in [1.165, 1.54) is 31.4 Å². The zero-order chi connectivity index (χ0) is 18.4. The lowest BCUT2D eigenvalue weighted by atomic mass is 10.2. The van der Waals surface area contributed by atoms with Gasteiger partial charge in [-0.15, -0.1) is 0 Å². The highest BCUT2D eigenvalue weighted by atomic mass is 16.6. The lowest BCUT2D eigenvalue weighted by Gasteiger charge is -2.09. The lowest BCUT2D eigenvalue weighted by Crippen LogP contribution is -2.20. The smallest absolute Gasteiger partial charge is 0.337 e. The van der Waals surface area contributed by atoms with Crippen molar-refractivity contribution in [2.24, 2.45) is 0 Å². The second kappa shape index (κ2) is 7.91. The number of hydrogen-bond donors (Lipinski definition) is 1. The topological polar surface area (TPSA) is 108 Å². The molecule has 0 unspecified atom stereocenters. The third-order valence-electron chi connectivity index (χ3n) is 3.30. The molecule has 8 nitrogen and oxygen atoms in total. The standard InChI is InChI=1S/C17H16N2O6/c1-11-8-14(6-7-15(11)19(22)23)25-10-16(20)18-13-5-3-4-12(9-13)17(21)24-2/h3-9H,10H2,1-2H3,(H,18,20). The van der Waals surface area contributed by atoms with E-state index < -0.39 is 16.8 Å². The van der Waals surface area contributed by atoms with Gasteiger partial charge in [-0.1, -0.05) is 6.07 Å². The molecule has 1 N–H and O–H groups in total. The highest BCUT2D eigenvalue weighted by Crippen LogP contribution is 2.23. The number of hydrogen-bond acceptors (Lipinski definition) is 6. The summed E-state index contributed by atoms with van der Waals surface area (Å²) in [5, 5.41) is 13.4. The van der Waals surface area contributed by atoms with Crippen molar-refractivity contribution >= 4 is 23.3 Å². The van der Waals surface area contributed by atoms with E-state index in [1.54, 1.807) is 25.1 Å². The molecule has 0 fully saturated rings. The van der Waals surface area contributed by atoms with E-state index in [0.29, 0.717) is 22.6 Å². The summed E-state index contributed by atoms with van der Waals surface area (Å²) in [5.74, 6) is -0.590. The first-order valence-electron chi connectivity index (χ1n) is 7.27. The van der Waals surface area contributed by atoms with Crippen LogP contribution >= 0.6 is 0 Å². The molecule has 0 spiro atoms. The molecule has 25 heavy (non-hydrogen) atoms. The van der Waals surface area contributed by atoms with Crippen LogP contribution in [0, 0.1) is 17.0 Å². The summed E-state index contributed by atoms with van der Waals surface area (Å²) in [6, 6.07) is 10.5. The van der Waals surface area contributed by atoms with E-state index in [4.69, 9.17) is 4.74 Å². The Kier molecular flexibility index (Phi) is 5.67. The third-order valence-corrected chi connectivity index (χ3v) is 3.30. The van der Waals surface area contributed by atoms with E-state index in [2.05, 4.69) is 10.1 Å². The first-order valence-corrected chi connectivity index (χ1v) is 7.27. The number of anilines is 1. The Bertz CT molecular complexity index is 819. The number of rotatable bonds is 6. The van der Waals surface area contributed by atoms with Gasteiger partial charge in [0, 0.05) is 17.3 Å². The molecule has 0 aliphatic carbocycles. The number of nitro benzene ring substituents is 1. The van der Waals surface area contributed by atoms with Gasteiger partial charge in [0.05, 0.1) is 17.6 Å². The molecule has 0 bridgehead atoms. The maximum atomic E-state index is 11.9. The summed E-state index contributed by atoms with van der Waals surface area (Å²) in [6.45, 7) is 1.31. The van der Waals surface area contributed by atoms with E-state index in [1.807, 2.05) is 0 Å². The van der Waals surface area contributed by atoms with E-state index in [-0.39, 0.29) is 12.3 Å². The fraction of sp³-hybridized carbons (Fsp3) is 0.176. The van der Waals surface area contributed by atoms with Crippen molar-refractivity contribution in [1.29, 1.82) is 0 Å². The Hall–Kier alpha value is -3.42. The molecule has 2 aromatic carbocycles. The second-order valence-corrected chi connectivity index (χ2v) is 5.11. The van der Waals surface area contributed by atoms with Gasteiger partial charge in [0.2, 0.25) is 0 Å². The summed E-state index contributed by atoms with van der Waals surface area (Å²) in [4.78, 5) is 33.7. The van der Waals surface area contributed by atoms with Crippen molar-refractivity contribution in [3.8, 4) is 5.75 Å². The van der Waals surface area contributed by atoms with Gasteiger partial charge in [0.15, 0.2) is 6.61 Å². The quantitative estimate of drug-likeness (QED) is 0.490. The van der Waals surface area contributed by atoms with Gasteiger partial charge < -0.3 is 14.8 Å². The van der Waals surface area contributed by atoms with Gasteiger partial charge in [0.25, 0.3) is 11.6 Å². The molecule has 130 valence electrons. The van der Waals surface area contributed by atoms with Crippen LogP contribution in [0.5, 0.6) is 5.75 Å². The van der Waals surface area contributed by atoms with Crippen molar-refractivity contribution in [3.05, 3.63) is 63.7 Å². The monoisotopic (exact) mass is 344 g/mol. The molecule has 2 rings (SSSR count). The van der Waals surface area contributed by atoms with Crippen LogP contribution in [0.3, 0.4) is 0 Å². The van der Waals surface area contributed by atoms with Crippen molar-refractivity contribution in [3.63, 3.8) is 0 Å². The van der Waals surface area contributed by atoms with E-state index in [9.17, 15) is 19.7 Å². The number of methoxy groups -OCH3 is 1. The summed E-state index contributed by atoms with van der Waals surface area (Å²) < 4.78 is 9.94. The Labute approximate surface area is 143 Å². The van der Waals surface area contributed by atoms with Crippen LogP contribution in [0.25, 0.3) is 0 Å². The predicted octanol–water partition coefficient (Wildman–Crippen LogP) is 2.71. The van der Waals surface area contributed by atoms with Gasteiger partial charge in [-0.2, -0.15) is 0 Å². The van der Waals surface area contributed by atoms with Crippen LogP contribution in [-0.2, 0) is 9.53 Å². The zero-order valence-corrected chi connectivity index (χ0v) is 13.6. The average molecular weight is 344 g/mol. The summed E-state index contributed by atoms with van der Waals surface area (Å²) in [6.07, 6.45) is 0. The van der Waals surface area contributed by atoms with E-state index in [0.717, 1.165) is 0 Å². The molecule has 1 amide bonds. The van der Waals surface area contributed by atoms with Crippen molar-refractivity contribution in [2.75, 3.05) is 19.0 Å². The number of benzene rings is 2. The molecule has 0 heterocycles. The van der Waals surface area contributed by atoms with Crippen molar-refractivity contribution in [1.82, 2.24) is 0 Å². The third kappa shape index (κ3) is 4.77. The highest BCUT2D eigenvalue weighted by molar-refractivity contribution is 5.95. The largest absolute Gasteiger partial charge is 0.484 e. The number of aryl methyl sites for hydroxylation is 1. The summed E-state index contributed by atoms with van der Waals surface area (Å²) in [7, 11) is 1.27. The van der Waals surface area contributed by atoms with Crippen molar-refractivity contribution < 1.29 is 24.0 Å².